The zero-order valence-corrected chi connectivity index (χ0v) is 21.0. The van der Waals surface area contributed by atoms with E-state index in [9.17, 15) is 14.4 Å². The Hall–Kier alpha value is -3.55. The fourth-order valence-electron chi connectivity index (χ4n) is 4.65. The van der Waals surface area contributed by atoms with E-state index in [2.05, 4.69) is 21.9 Å². The summed E-state index contributed by atoms with van der Waals surface area (Å²) in [6.07, 6.45) is 12.1. The first kappa shape index (κ1) is 26.1. The van der Waals surface area contributed by atoms with Gasteiger partial charge in [0.15, 0.2) is 5.65 Å². The van der Waals surface area contributed by atoms with Gasteiger partial charge in [-0.3, -0.25) is 14.2 Å². The molecular weight excluding hydrogens is 444 g/mol. The number of pyridine rings is 1. The number of hydrogen-bond acceptors (Lipinski definition) is 6. The molecule has 1 aliphatic carbocycles. The van der Waals surface area contributed by atoms with Crippen LogP contribution < -0.4 is 10.9 Å². The Bertz CT molecular complexity index is 1240. The molecule has 0 saturated heterocycles. The van der Waals surface area contributed by atoms with Crippen molar-refractivity contribution in [1.82, 2.24) is 19.9 Å². The fourth-order valence-corrected chi connectivity index (χ4v) is 4.65. The number of carbonyl (C=O) groups is 2. The van der Waals surface area contributed by atoms with Crippen LogP contribution in [0, 0.1) is 19.8 Å². The zero-order valence-electron chi connectivity index (χ0n) is 21.0. The average molecular weight is 479 g/mol. The van der Waals surface area contributed by atoms with Crippen molar-refractivity contribution in [2.24, 2.45) is 5.92 Å². The van der Waals surface area contributed by atoms with Crippen LogP contribution in [-0.2, 0) is 14.3 Å². The van der Waals surface area contributed by atoms with E-state index in [0.717, 1.165) is 36.9 Å². The lowest BCUT2D eigenvalue weighted by Gasteiger charge is -2.27. The molecule has 2 aromatic rings. The van der Waals surface area contributed by atoms with Gasteiger partial charge in [-0.05, 0) is 56.9 Å². The first-order valence-corrected chi connectivity index (χ1v) is 12.0. The highest BCUT2D eigenvalue weighted by molar-refractivity contribution is 5.91. The normalized spacial score (nSPS) is 16.1. The smallest absolute Gasteiger partial charge is 0.337 e. The summed E-state index contributed by atoms with van der Waals surface area (Å²) >= 11 is 0. The van der Waals surface area contributed by atoms with E-state index < -0.39 is 12.0 Å². The maximum absolute atomic E-state index is 13.5. The maximum Gasteiger partial charge on any atom is 0.337 e. The molecule has 0 bridgehead atoms. The summed E-state index contributed by atoms with van der Waals surface area (Å²) in [6.45, 7) is 9.06. The number of esters is 1. The quantitative estimate of drug-likeness (QED) is 0.346. The van der Waals surface area contributed by atoms with E-state index in [0.29, 0.717) is 29.1 Å². The van der Waals surface area contributed by atoms with E-state index in [1.807, 2.05) is 19.9 Å². The molecule has 2 aromatic heterocycles. The number of aryl methyl sites for hydroxylation is 2. The van der Waals surface area contributed by atoms with Crippen molar-refractivity contribution in [3.8, 4) is 0 Å². The van der Waals surface area contributed by atoms with Gasteiger partial charge in [-0.1, -0.05) is 44.8 Å². The highest BCUT2D eigenvalue weighted by atomic mass is 16.5. The molecule has 0 aliphatic heterocycles. The molecule has 186 valence electrons. The Labute approximate surface area is 205 Å². The summed E-state index contributed by atoms with van der Waals surface area (Å²) in [5.74, 6) is -0.453. The third kappa shape index (κ3) is 6.32. The van der Waals surface area contributed by atoms with Gasteiger partial charge in [0.1, 0.15) is 12.4 Å². The SMILES string of the molecule is C=C/C(=C\C=C(/C)NC(=O)C(CC1CCCCC1)n1cnc2nc(C)cc(C)c2c1=O)C(=O)OC. The van der Waals surface area contributed by atoms with Crippen LogP contribution in [-0.4, -0.2) is 33.5 Å². The molecule has 35 heavy (non-hydrogen) atoms. The Morgan fingerprint density at radius 3 is 2.63 bits per heavy atom. The topological polar surface area (TPSA) is 103 Å². The lowest BCUT2D eigenvalue weighted by Crippen LogP contribution is -2.38. The highest BCUT2D eigenvalue weighted by Crippen LogP contribution is 2.31. The third-order valence-electron chi connectivity index (χ3n) is 6.47. The minimum absolute atomic E-state index is 0.267. The molecule has 8 heteroatoms. The van der Waals surface area contributed by atoms with Gasteiger partial charge in [0.2, 0.25) is 5.91 Å². The first-order valence-electron chi connectivity index (χ1n) is 12.0. The predicted octanol–water partition coefficient (Wildman–Crippen LogP) is 4.23. The van der Waals surface area contributed by atoms with Gasteiger partial charge >= 0.3 is 5.97 Å². The minimum Gasteiger partial charge on any atom is -0.465 e. The summed E-state index contributed by atoms with van der Waals surface area (Å²) in [6, 6.07) is 1.14. The van der Waals surface area contributed by atoms with Crippen LogP contribution in [0.3, 0.4) is 0 Å². The third-order valence-corrected chi connectivity index (χ3v) is 6.47. The summed E-state index contributed by atoms with van der Waals surface area (Å²) in [7, 11) is 1.29. The molecule has 8 nitrogen and oxygen atoms in total. The molecule has 1 fully saturated rings. The second-order valence-corrected chi connectivity index (χ2v) is 9.15. The molecule has 1 unspecified atom stereocenters. The zero-order chi connectivity index (χ0) is 25.5. The number of fused-ring (bicyclic) bond motifs is 1. The highest BCUT2D eigenvalue weighted by Gasteiger charge is 2.28. The van der Waals surface area contributed by atoms with E-state index in [1.54, 1.807) is 13.0 Å². The van der Waals surface area contributed by atoms with Gasteiger partial charge in [0.05, 0.1) is 18.1 Å². The molecule has 1 aliphatic rings. The minimum atomic E-state index is -0.713. The van der Waals surface area contributed by atoms with Crippen molar-refractivity contribution in [3.05, 3.63) is 70.1 Å². The van der Waals surface area contributed by atoms with Crippen molar-refractivity contribution in [3.63, 3.8) is 0 Å². The molecule has 0 spiro atoms. The number of aromatic nitrogens is 3. The van der Waals surface area contributed by atoms with Crippen molar-refractivity contribution in [2.75, 3.05) is 7.11 Å². The van der Waals surface area contributed by atoms with Crippen LogP contribution in [0.25, 0.3) is 11.0 Å². The van der Waals surface area contributed by atoms with E-state index >= 15 is 0 Å². The van der Waals surface area contributed by atoms with Crippen molar-refractivity contribution in [2.45, 2.75) is 65.3 Å². The predicted molar refractivity (Wildman–Crippen MR) is 136 cm³/mol. The Kier molecular flexibility index (Phi) is 8.73. The van der Waals surface area contributed by atoms with Crippen LogP contribution >= 0.6 is 0 Å². The van der Waals surface area contributed by atoms with Gasteiger partial charge in [0, 0.05) is 11.4 Å². The molecule has 1 atom stereocenters. The number of allylic oxidation sites excluding steroid dienone is 3. The molecule has 3 rings (SSSR count). The van der Waals surface area contributed by atoms with Gasteiger partial charge in [-0.2, -0.15) is 0 Å². The number of nitrogens with zero attached hydrogens (tertiary/aromatic N) is 3. The molecule has 0 radical (unpaired) electrons. The number of amides is 1. The number of hydrogen-bond donors (Lipinski definition) is 1. The lowest BCUT2D eigenvalue weighted by atomic mass is 9.84. The monoisotopic (exact) mass is 478 g/mol. The molecule has 1 saturated carbocycles. The summed E-state index contributed by atoms with van der Waals surface area (Å²) < 4.78 is 6.16. The Balaban J connectivity index is 1.96. The van der Waals surface area contributed by atoms with Crippen molar-refractivity contribution in [1.29, 1.82) is 0 Å². The van der Waals surface area contributed by atoms with Crippen molar-refractivity contribution >= 4 is 22.9 Å². The van der Waals surface area contributed by atoms with Crippen LogP contribution in [0.1, 0.15) is 62.7 Å². The molecule has 2 heterocycles. The van der Waals surface area contributed by atoms with Gasteiger partial charge < -0.3 is 10.1 Å². The van der Waals surface area contributed by atoms with Crippen LogP contribution in [0.15, 0.2) is 53.3 Å². The maximum atomic E-state index is 13.5. The van der Waals surface area contributed by atoms with Crippen molar-refractivity contribution < 1.29 is 14.3 Å². The van der Waals surface area contributed by atoms with Gasteiger partial charge in [-0.25, -0.2) is 14.8 Å². The van der Waals surface area contributed by atoms with E-state index in [4.69, 9.17) is 4.74 Å². The second-order valence-electron chi connectivity index (χ2n) is 9.15. The van der Waals surface area contributed by atoms with Crippen LogP contribution in [0.4, 0.5) is 0 Å². The summed E-state index contributed by atoms with van der Waals surface area (Å²) in [4.78, 5) is 47.6. The number of carbonyl (C=O) groups excluding carboxylic acids is 2. The first-order chi connectivity index (χ1) is 16.7. The Morgan fingerprint density at radius 2 is 1.97 bits per heavy atom. The summed E-state index contributed by atoms with van der Waals surface area (Å²) in [5, 5.41) is 3.33. The number of nitrogens with one attached hydrogen (secondary N) is 1. The number of rotatable bonds is 8. The van der Waals surface area contributed by atoms with Gasteiger partial charge in [-0.15, -0.1) is 0 Å². The van der Waals surface area contributed by atoms with Gasteiger partial charge in [0.25, 0.3) is 5.56 Å². The molecule has 1 amide bonds. The fraction of sp³-hybridized carbons (Fsp3) is 0.444. The standard InChI is InChI=1S/C27H34N4O4/c1-6-21(27(34)35-5)13-12-18(3)30-25(32)22(15-20-10-8-7-9-11-20)31-16-28-24-23(26(31)33)17(2)14-19(4)29-24/h6,12-14,16,20,22H,1,7-11,15H2,2-5H3,(H,30,32)/b18-12+,21-13+. The summed E-state index contributed by atoms with van der Waals surface area (Å²) in [5.41, 5.74) is 2.50. The molecule has 0 aromatic carbocycles. The molecular formula is C27H34N4O4. The average Bonchev–Trinajstić information content (AvgIpc) is 2.83. The number of ether oxygens (including phenoxy) is 1. The number of methoxy groups -OCH3 is 1. The van der Waals surface area contributed by atoms with E-state index in [1.165, 1.54) is 36.6 Å². The van der Waals surface area contributed by atoms with Crippen LogP contribution in [0.5, 0.6) is 0 Å². The second kappa shape index (κ2) is 11.7. The lowest BCUT2D eigenvalue weighted by molar-refractivity contribution is -0.135. The Morgan fingerprint density at radius 1 is 1.26 bits per heavy atom. The largest absolute Gasteiger partial charge is 0.465 e. The van der Waals surface area contributed by atoms with E-state index in [-0.39, 0.29) is 17.0 Å². The molecule has 1 N–H and O–H groups in total. The van der Waals surface area contributed by atoms with Crippen LogP contribution in [0.2, 0.25) is 0 Å².